The SMILES string of the molecule is COC(=O)COc1ccc(NC(C)C)cc1. The van der Waals surface area contributed by atoms with Gasteiger partial charge >= 0.3 is 5.97 Å². The third-order valence-corrected chi connectivity index (χ3v) is 1.89. The number of ether oxygens (including phenoxy) is 2. The monoisotopic (exact) mass is 223 g/mol. The van der Waals surface area contributed by atoms with Crippen LogP contribution >= 0.6 is 0 Å². The van der Waals surface area contributed by atoms with Crippen molar-refractivity contribution in [1.29, 1.82) is 0 Å². The molecule has 0 atom stereocenters. The van der Waals surface area contributed by atoms with Crippen LogP contribution in [-0.2, 0) is 9.53 Å². The molecule has 0 unspecified atom stereocenters. The Morgan fingerprint density at radius 3 is 2.44 bits per heavy atom. The summed E-state index contributed by atoms with van der Waals surface area (Å²) in [5.41, 5.74) is 1.03. The Hall–Kier alpha value is -1.71. The van der Waals surface area contributed by atoms with Gasteiger partial charge < -0.3 is 14.8 Å². The summed E-state index contributed by atoms with van der Waals surface area (Å²) in [6, 6.07) is 7.84. The number of carbonyl (C=O) groups excluding carboxylic acids is 1. The Morgan fingerprint density at radius 2 is 1.94 bits per heavy atom. The number of hydrogen-bond donors (Lipinski definition) is 1. The number of methoxy groups -OCH3 is 1. The van der Waals surface area contributed by atoms with E-state index in [1.165, 1.54) is 7.11 Å². The van der Waals surface area contributed by atoms with Crippen molar-refractivity contribution >= 4 is 11.7 Å². The van der Waals surface area contributed by atoms with E-state index in [9.17, 15) is 4.79 Å². The average molecular weight is 223 g/mol. The summed E-state index contributed by atoms with van der Waals surface area (Å²) in [6.45, 7) is 4.08. The molecule has 88 valence electrons. The summed E-state index contributed by atoms with van der Waals surface area (Å²) in [7, 11) is 1.33. The van der Waals surface area contributed by atoms with E-state index in [0.717, 1.165) is 5.69 Å². The molecule has 1 aromatic rings. The summed E-state index contributed by atoms with van der Waals surface area (Å²) in [5.74, 6) is 0.268. The van der Waals surface area contributed by atoms with Crippen molar-refractivity contribution in [3.8, 4) is 5.75 Å². The van der Waals surface area contributed by atoms with Gasteiger partial charge in [-0.25, -0.2) is 4.79 Å². The van der Waals surface area contributed by atoms with Crippen molar-refractivity contribution in [2.24, 2.45) is 0 Å². The fourth-order valence-electron chi connectivity index (χ4n) is 1.18. The molecule has 4 nitrogen and oxygen atoms in total. The molecule has 0 aliphatic heterocycles. The molecule has 0 fully saturated rings. The van der Waals surface area contributed by atoms with E-state index in [-0.39, 0.29) is 12.6 Å². The predicted molar refractivity (Wildman–Crippen MR) is 62.7 cm³/mol. The van der Waals surface area contributed by atoms with E-state index < -0.39 is 0 Å². The highest BCUT2D eigenvalue weighted by Gasteiger charge is 2.01. The minimum atomic E-state index is -0.385. The van der Waals surface area contributed by atoms with Crippen LogP contribution in [0.2, 0.25) is 0 Å². The number of nitrogens with one attached hydrogen (secondary N) is 1. The Balaban J connectivity index is 2.48. The van der Waals surface area contributed by atoms with Crippen LogP contribution < -0.4 is 10.1 Å². The Kier molecular flexibility index (Phi) is 4.64. The van der Waals surface area contributed by atoms with Gasteiger partial charge in [-0.15, -0.1) is 0 Å². The van der Waals surface area contributed by atoms with E-state index in [2.05, 4.69) is 23.9 Å². The van der Waals surface area contributed by atoms with Gasteiger partial charge in [-0.05, 0) is 38.1 Å². The minimum absolute atomic E-state index is 0.0620. The smallest absolute Gasteiger partial charge is 0.343 e. The molecule has 0 aliphatic rings. The fourth-order valence-corrected chi connectivity index (χ4v) is 1.18. The molecule has 0 amide bonds. The Morgan fingerprint density at radius 1 is 1.31 bits per heavy atom. The molecule has 16 heavy (non-hydrogen) atoms. The van der Waals surface area contributed by atoms with Gasteiger partial charge in [0.1, 0.15) is 5.75 Å². The van der Waals surface area contributed by atoms with Gasteiger partial charge in [0.2, 0.25) is 0 Å². The fraction of sp³-hybridized carbons (Fsp3) is 0.417. The largest absolute Gasteiger partial charge is 0.482 e. The lowest BCUT2D eigenvalue weighted by Crippen LogP contribution is -2.12. The molecule has 0 aromatic heterocycles. The van der Waals surface area contributed by atoms with Crippen LogP contribution in [0.3, 0.4) is 0 Å². The van der Waals surface area contributed by atoms with Crippen LogP contribution in [0.25, 0.3) is 0 Å². The average Bonchev–Trinajstić information content (AvgIpc) is 2.27. The second-order valence-corrected chi connectivity index (χ2v) is 3.69. The first-order chi connectivity index (χ1) is 7.61. The summed E-state index contributed by atoms with van der Waals surface area (Å²) in [6.07, 6.45) is 0. The van der Waals surface area contributed by atoms with Gasteiger partial charge in [0.05, 0.1) is 7.11 Å². The summed E-state index contributed by atoms with van der Waals surface area (Å²) in [4.78, 5) is 10.8. The number of rotatable bonds is 5. The van der Waals surface area contributed by atoms with Crippen LogP contribution in [0.15, 0.2) is 24.3 Å². The molecule has 0 bridgehead atoms. The molecular formula is C12H17NO3. The highest BCUT2D eigenvalue weighted by molar-refractivity contribution is 5.70. The molecule has 0 aliphatic carbocycles. The lowest BCUT2D eigenvalue weighted by atomic mass is 10.2. The van der Waals surface area contributed by atoms with Gasteiger partial charge in [-0.3, -0.25) is 0 Å². The first kappa shape index (κ1) is 12.4. The topological polar surface area (TPSA) is 47.6 Å². The van der Waals surface area contributed by atoms with E-state index in [1.807, 2.05) is 24.3 Å². The third-order valence-electron chi connectivity index (χ3n) is 1.89. The van der Waals surface area contributed by atoms with E-state index >= 15 is 0 Å². The van der Waals surface area contributed by atoms with Crippen molar-refractivity contribution in [1.82, 2.24) is 0 Å². The molecule has 0 heterocycles. The maximum absolute atomic E-state index is 10.8. The minimum Gasteiger partial charge on any atom is -0.482 e. The van der Waals surface area contributed by atoms with Crippen molar-refractivity contribution in [2.45, 2.75) is 19.9 Å². The number of esters is 1. The van der Waals surface area contributed by atoms with Crippen molar-refractivity contribution in [3.63, 3.8) is 0 Å². The Bertz CT molecular complexity index is 333. The maximum Gasteiger partial charge on any atom is 0.343 e. The summed E-state index contributed by atoms with van der Waals surface area (Å²) < 4.78 is 9.69. The lowest BCUT2D eigenvalue weighted by Gasteiger charge is -2.10. The first-order valence-corrected chi connectivity index (χ1v) is 5.18. The van der Waals surface area contributed by atoms with Crippen LogP contribution in [-0.4, -0.2) is 25.7 Å². The Labute approximate surface area is 95.6 Å². The molecular weight excluding hydrogens is 206 g/mol. The summed E-state index contributed by atoms with van der Waals surface area (Å²) in [5, 5.41) is 3.26. The van der Waals surface area contributed by atoms with Gasteiger partial charge in [-0.2, -0.15) is 0 Å². The van der Waals surface area contributed by atoms with Crippen molar-refractivity contribution in [3.05, 3.63) is 24.3 Å². The third kappa shape index (κ3) is 4.21. The zero-order valence-corrected chi connectivity index (χ0v) is 9.82. The highest BCUT2D eigenvalue weighted by Crippen LogP contribution is 2.16. The van der Waals surface area contributed by atoms with Crippen LogP contribution in [0, 0.1) is 0 Å². The predicted octanol–water partition coefficient (Wildman–Crippen LogP) is 2.06. The van der Waals surface area contributed by atoms with Gasteiger partial charge in [0.15, 0.2) is 6.61 Å². The molecule has 0 radical (unpaired) electrons. The molecule has 4 heteroatoms. The number of hydrogen-bond acceptors (Lipinski definition) is 4. The van der Waals surface area contributed by atoms with Crippen LogP contribution in [0.1, 0.15) is 13.8 Å². The molecule has 1 aromatic carbocycles. The van der Waals surface area contributed by atoms with Crippen molar-refractivity contribution < 1.29 is 14.3 Å². The van der Waals surface area contributed by atoms with E-state index in [1.54, 1.807) is 0 Å². The molecule has 1 rings (SSSR count). The molecule has 0 saturated carbocycles. The number of carbonyl (C=O) groups is 1. The van der Waals surface area contributed by atoms with Gasteiger partial charge in [0, 0.05) is 11.7 Å². The second kappa shape index (κ2) is 6.00. The molecule has 1 N–H and O–H groups in total. The number of benzene rings is 1. The van der Waals surface area contributed by atoms with Crippen LogP contribution in [0.4, 0.5) is 5.69 Å². The molecule has 0 saturated heterocycles. The van der Waals surface area contributed by atoms with E-state index in [0.29, 0.717) is 11.8 Å². The summed E-state index contributed by atoms with van der Waals surface area (Å²) >= 11 is 0. The van der Waals surface area contributed by atoms with E-state index in [4.69, 9.17) is 4.74 Å². The first-order valence-electron chi connectivity index (χ1n) is 5.18. The zero-order chi connectivity index (χ0) is 12.0. The van der Waals surface area contributed by atoms with Crippen molar-refractivity contribution in [2.75, 3.05) is 19.0 Å². The molecule has 0 spiro atoms. The maximum atomic E-state index is 10.8. The standard InChI is InChI=1S/C12H17NO3/c1-9(2)13-10-4-6-11(7-5-10)16-8-12(14)15-3/h4-7,9,13H,8H2,1-3H3. The normalized spacial score (nSPS) is 10.0. The second-order valence-electron chi connectivity index (χ2n) is 3.69. The van der Waals surface area contributed by atoms with Crippen LogP contribution in [0.5, 0.6) is 5.75 Å². The van der Waals surface area contributed by atoms with Gasteiger partial charge in [-0.1, -0.05) is 0 Å². The number of anilines is 1. The van der Waals surface area contributed by atoms with Gasteiger partial charge in [0.25, 0.3) is 0 Å². The zero-order valence-electron chi connectivity index (χ0n) is 9.82. The lowest BCUT2D eigenvalue weighted by molar-refractivity contribution is -0.142. The quantitative estimate of drug-likeness (QED) is 0.776. The highest BCUT2D eigenvalue weighted by atomic mass is 16.6.